The van der Waals surface area contributed by atoms with Gasteiger partial charge in [0.15, 0.2) is 0 Å². The average molecular weight is 252 g/mol. The summed E-state index contributed by atoms with van der Waals surface area (Å²) in [4.78, 5) is 14.2. The largest absolute Gasteiger partial charge is 0.335 e. The maximum Gasteiger partial charge on any atom is 0.224 e. The van der Waals surface area contributed by atoms with Gasteiger partial charge in [0.1, 0.15) is 0 Å². The summed E-state index contributed by atoms with van der Waals surface area (Å²) in [6, 6.07) is 2.53. The molecule has 4 heteroatoms. The van der Waals surface area contributed by atoms with E-state index in [1.165, 1.54) is 5.56 Å². The predicted octanol–water partition coefficient (Wildman–Crippen LogP) is 2.37. The molecule has 0 spiro atoms. The molecule has 0 bridgehead atoms. The third-order valence-corrected chi connectivity index (χ3v) is 3.58. The van der Waals surface area contributed by atoms with Crippen molar-refractivity contribution in [2.24, 2.45) is 5.73 Å². The third-order valence-electron chi connectivity index (χ3n) is 2.85. The molecule has 94 valence electrons. The molecule has 0 aliphatic heterocycles. The number of carbonyl (C=O) groups excluding carboxylic acids is 1. The molecular weight excluding hydrogens is 232 g/mol. The maximum atomic E-state index is 12.2. The summed E-state index contributed by atoms with van der Waals surface area (Å²) in [5.74, 6) is 0.186. The first-order valence-corrected chi connectivity index (χ1v) is 6.99. The van der Waals surface area contributed by atoms with E-state index >= 15 is 0 Å². The number of amides is 1. The van der Waals surface area contributed by atoms with Gasteiger partial charge in [-0.25, -0.2) is 0 Å². The van der Waals surface area contributed by atoms with E-state index in [2.05, 4.69) is 16.8 Å². The number of hydrogen-bond donors (Lipinski definition) is 1. The van der Waals surface area contributed by atoms with Crippen LogP contribution in [-0.4, -0.2) is 22.4 Å². The van der Waals surface area contributed by atoms with Crippen molar-refractivity contribution in [3.63, 3.8) is 0 Å². The van der Waals surface area contributed by atoms with Crippen molar-refractivity contribution < 1.29 is 4.79 Å². The topological polar surface area (TPSA) is 46.3 Å². The van der Waals surface area contributed by atoms with Gasteiger partial charge in [-0.05, 0) is 49.1 Å². The van der Waals surface area contributed by atoms with Gasteiger partial charge < -0.3 is 10.6 Å². The molecule has 0 unspecified atom stereocenters. The van der Waals surface area contributed by atoms with Crippen molar-refractivity contribution in [2.75, 3.05) is 0 Å². The van der Waals surface area contributed by atoms with Crippen LogP contribution in [0.15, 0.2) is 16.8 Å². The van der Waals surface area contributed by atoms with Crippen molar-refractivity contribution in [3.05, 3.63) is 22.4 Å². The van der Waals surface area contributed by atoms with Crippen molar-refractivity contribution in [1.82, 2.24) is 4.90 Å². The lowest BCUT2D eigenvalue weighted by molar-refractivity contribution is -0.133. The number of nitrogens with zero attached hydrogens (tertiary/aromatic N) is 1. The SMILES string of the molecule is CC(C)(N)CC(=O)N(Cc1ccsc1)C1CC1. The Balaban J connectivity index is 1.99. The van der Waals surface area contributed by atoms with Gasteiger partial charge in [0.25, 0.3) is 0 Å². The monoisotopic (exact) mass is 252 g/mol. The normalized spacial score (nSPS) is 15.9. The molecule has 0 aromatic carbocycles. The Hall–Kier alpha value is -0.870. The zero-order chi connectivity index (χ0) is 12.5. The van der Waals surface area contributed by atoms with Gasteiger partial charge in [-0.15, -0.1) is 0 Å². The smallest absolute Gasteiger partial charge is 0.224 e. The van der Waals surface area contributed by atoms with E-state index in [0.717, 1.165) is 19.4 Å². The van der Waals surface area contributed by atoms with Crippen LogP contribution in [0.4, 0.5) is 0 Å². The Kier molecular flexibility index (Phi) is 3.54. The molecule has 2 N–H and O–H groups in total. The van der Waals surface area contributed by atoms with E-state index in [-0.39, 0.29) is 5.91 Å². The van der Waals surface area contributed by atoms with Gasteiger partial charge in [0.05, 0.1) is 0 Å². The van der Waals surface area contributed by atoms with E-state index in [9.17, 15) is 4.79 Å². The minimum Gasteiger partial charge on any atom is -0.335 e. The number of hydrogen-bond acceptors (Lipinski definition) is 3. The molecule has 1 aromatic heterocycles. The first kappa shape index (κ1) is 12.6. The number of nitrogens with two attached hydrogens (primary N) is 1. The summed E-state index contributed by atoms with van der Waals surface area (Å²) in [5.41, 5.74) is 6.73. The van der Waals surface area contributed by atoms with E-state index in [1.54, 1.807) is 11.3 Å². The molecule has 2 rings (SSSR count). The molecule has 0 saturated heterocycles. The summed E-state index contributed by atoms with van der Waals surface area (Å²) < 4.78 is 0. The van der Waals surface area contributed by atoms with Gasteiger partial charge in [-0.1, -0.05) is 0 Å². The second-order valence-corrected chi connectivity index (χ2v) is 6.33. The zero-order valence-corrected chi connectivity index (χ0v) is 11.3. The third kappa shape index (κ3) is 3.82. The molecule has 1 fully saturated rings. The fraction of sp³-hybridized carbons (Fsp3) is 0.615. The number of thiophene rings is 1. The lowest BCUT2D eigenvalue weighted by Crippen LogP contribution is -2.41. The van der Waals surface area contributed by atoms with Crippen LogP contribution >= 0.6 is 11.3 Å². The summed E-state index contributed by atoms with van der Waals surface area (Å²) >= 11 is 1.68. The summed E-state index contributed by atoms with van der Waals surface area (Å²) in [7, 11) is 0. The van der Waals surface area contributed by atoms with Gasteiger partial charge in [-0.3, -0.25) is 4.79 Å². The molecule has 0 atom stereocenters. The quantitative estimate of drug-likeness (QED) is 0.874. The van der Waals surface area contributed by atoms with Crippen LogP contribution in [0.1, 0.15) is 38.7 Å². The Labute approximate surface area is 107 Å². The van der Waals surface area contributed by atoms with Crippen molar-refractivity contribution in [3.8, 4) is 0 Å². The Morgan fingerprint density at radius 2 is 2.29 bits per heavy atom. The predicted molar refractivity (Wildman–Crippen MR) is 70.8 cm³/mol. The highest BCUT2D eigenvalue weighted by atomic mass is 32.1. The van der Waals surface area contributed by atoms with Crippen molar-refractivity contribution in [2.45, 2.75) is 51.2 Å². The molecule has 3 nitrogen and oxygen atoms in total. The summed E-state index contributed by atoms with van der Waals surface area (Å²) in [6.45, 7) is 4.55. The van der Waals surface area contributed by atoms with E-state index in [4.69, 9.17) is 5.73 Å². The highest BCUT2D eigenvalue weighted by molar-refractivity contribution is 7.07. The molecule has 17 heavy (non-hydrogen) atoms. The van der Waals surface area contributed by atoms with E-state index in [1.807, 2.05) is 18.7 Å². The molecule has 1 aliphatic carbocycles. The minimum absolute atomic E-state index is 0.186. The molecule has 1 heterocycles. The fourth-order valence-corrected chi connectivity index (χ4v) is 2.54. The number of carbonyl (C=O) groups is 1. The van der Waals surface area contributed by atoms with Crippen LogP contribution < -0.4 is 5.73 Å². The standard InChI is InChI=1S/C13H20N2OS/c1-13(2,14)7-12(16)15(11-3-4-11)8-10-5-6-17-9-10/h5-6,9,11H,3-4,7-8,14H2,1-2H3. The first-order valence-electron chi connectivity index (χ1n) is 6.05. The van der Waals surface area contributed by atoms with Crippen molar-refractivity contribution in [1.29, 1.82) is 0 Å². The lowest BCUT2D eigenvalue weighted by atomic mass is 10.0. The highest BCUT2D eigenvalue weighted by Gasteiger charge is 2.34. The Morgan fingerprint density at radius 1 is 1.59 bits per heavy atom. The van der Waals surface area contributed by atoms with Gasteiger partial charge in [-0.2, -0.15) is 11.3 Å². The molecule has 1 amide bonds. The fourth-order valence-electron chi connectivity index (χ4n) is 1.88. The van der Waals surface area contributed by atoms with Crippen LogP contribution in [-0.2, 0) is 11.3 Å². The van der Waals surface area contributed by atoms with Crippen LogP contribution in [0, 0.1) is 0 Å². The molecule has 0 radical (unpaired) electrons. The molecule has 1 saturated carbocycles. The molecular formula is C13H20N2OS. The summed E-state index contributed by atoms with van der Waals surface area (Å²) in [6.07, 6.45) is 2.70. The van der Waals surface area contributed by atoms with Crippen LogP contribution in [0.25, 0.3) is 0 Å². The van der Waals surface area contributed by atoms with Crippen molar-refractivity contribution >= 4 is 17.2 Å². The van der Waals surface area contributed by atoms with E-state index < -0.39 is 5.54 Å². The second-order valence-electron chi connectivity index (χ2n) is 5.55. The van der Waals surface area contributed by atoms with Gasteiger partial charge in [0, 0.05) is 24.5 Å². The van der Waals surface area contributed by atoms with E-state index in [0.29, 0.717) is 12.5 Å². The average Bonchev–Trinajstić information content (AvgIpc) is 2.89. The first-order chi connectivity index (χ1) is 7.96. The minimum atomic E-state index is -0.418. The second kappa shape index (κ2) is 4.78. The maximum absolute atomic E-state index is 12.2. The Bertz CT molecular complexity index is 377. The highest BCUT2D eigenvalue weighted by Crippen LogP contribution is 2.30. The van der Waals surface area contributed by atoms with Crippen LogP contribution in [0.3, 0.4) is 0 Å². The van der Waals surface area contributed by atoms with Gasteiger partial charge in [0.2, 0.25) is 5.91 Å². The Morgan fingerprint density at radius 3 is 2.76 bits per heavy atom. The number of rotatable bonds is 5. The molecule has 1 aliphatic rings. The van der Waals surface area contributed by atoms with Gasteiger partial charge >= 0.3 is 0 Å². The summed E-state index contributed by atoms with van der Waals surface area (Å²) in [5, 5.41) is 4.16. The zero-order valence-electron chi connectivity index (χ0n) is 10.5. The lowest BCUT2D eigenvalue weighted by Gasteiger charge is -2.26. The molecule has 1 aromatic rings. The van der Waals surface area contributed by atoms with Crippen LogP contribution in [0.5, 0.6) is 0 Å². The van der Waals surface area contributed by atoms with Crippen LogP contribution in [0.2, 0.25) is 0 Å².